The summed E-state index contributed by atoms with van der Waals surface area (Å²) in [5.41, 5.74) is 1.27. The van der Waals surface area contributed by atoms with Gasteiger partial charge in [0.1, 0.15) is 12.7 Å². The first kappa shape index (κ1) is 18.6. The van der Waals surface area contributed by atoms with Crippen LogP contribution in [0, 0.1) is 18.3 Å². The van der Waals surface area contributed by atoms with E-state index in [2.05, 4.69) is 47.9 Å². The Kier molecular flexibility index (Phi) is 5.20. The number of rotatable bonds is 5. The third kappa shape index (κ3) is 4.08. The quantitative estimate of drug-likeness (QED) is 0.635. The van der Waals surface area contributed by atoms with Crippen LogP contribution in [0.5, 0.6) is 5.75 Å². The van der Waals surface area contributed by atoms with E-state index in [0.717, 1.165) is 25.2 Å². The second-order valence-corrected chi connectivity index (χ2v) is 6.75. The highest BCUT2D eigenvalue weighted by molar-refractivity contribution is 5.39. The Morgan fingerprint density at radius 1 is 1.24 bits per heavy atom. The van der Waals surface area contributed by atoms with E-state index in [-0.39, 0.29) is 12.6 Å². The number of hydrogen-bond acceptors (Lipinski definition) is 10. The third-order valence-electron chi connectivity index (χ3n) is 4.72. The molecule has 0 aliphatic carbocycles. The minimum absolute atomic E-state index is 0.185. The second-order valence-electron chi connectivity index (χ2n) is 6.75. The molecule has 0 amide bonds. The van der Waals surface area contributed by atoms with Gasteiger partial charge in [-0.05, 0) is 18.1 Å². The van der Waals surface area contributed by atoms with Crippen LogP contribution in [-0.4, -0.2) is 50.8 Å². The molecule has 1 aliphatic heterocycles. The summed E-state index contributed by atoms with van der Waals surface area (Å²) in [5, 5.41) is 13.1. The number of aryl methyl sites for hydroxylation is 1. The largest absolute Gasteiger partial charge is 0.486 e. The summed E-state index contributed by atoms with van der Waals surface area (Å²) >= 11 is 0. The molecule has 1 fully saturated rings. The van der Waals surface area contributed by atoms with Gasteiger partial charge in [-0.1, -0.05) is 0 Å². The first-order valence-corrected chi connectivity index (χ1v) is 9.24. The van der Waals surface area contributed by atoms with E-state index in [4.69, 9.17) is 14.5 Å². The summed E-state index contributed by atoms with van der Waals surface area (Å²) < 4.78 is 10.8. The summed E-state index contributed by atoms with van der Waals surface area (Å²) in [5.74, 6) is 2.37. The van der Waals surface area contributed by atoms with Gasteiger partial charge in [0.15, 0.2) is 5.75 Å². The summed E-state index contributed by atoms with van der Waals surface area (Å²) in [6, 6.07) is 4.05. The normalized spacial score (nSPS) is 16.5. The minimum Gasteiger partial charge on any atom is -0.486 e. The van der Waals surface area contributed by atoms with Crippen LogP contribution in [0.15, 0.2) is 35.4 Å². The number of hydrogen-bond donors (Lipinski definition) is 0. The third-order valence-corrected chi connectivity index (χ3v) is 4.72. The second kappa shape index (κ2) is 8.10. The SMILES string of the molecule is Cc1nc(N2CCN(c3ncc(OCc4ccncc4C#N)cn3)[C@H](C)C2)no1. The van der Waals surface area contributed by atoms with Gasteiger partial charge < -0.3 is 19.1 Å². The van der Waals surface area contributed by atoms with Gasteiger partial charge in [0, 0.05) is 50.6 Å². The molecule has 1 atom stereocenters. The van der Waals surface area contributed by atoms with Crippen molar-refractivity contribution in [2.24, 2.45) is 0 Å². The molecule has 1 aliphatic rings. The van der Waals surface area contributed by atoms with Crippen molar-refractivity contribution in [3.8, 4) is 11.8 Å². The lowest BCUT2D eigenvalue weighted by Gasteiger charge is -2.39. The van der Waals surface area contributed by atoms with Crippen LogP contribution in [0.25, 0.3) is 0 Å². The van der Waals surface area contributed by atoms with E-state index in [1.165, 1.54) is 6.20 Å². The van der Waals surface area contributed by atoms with Crippen LogP contribution in [0.1, 0.15) is 23.9 Å². The smallest absolute Gasteiger partial charge is 0.266 e. The topological polar surface area (TPSA) is 117 Å². The van der Waals surface area contributed by atoms with Gasteiger partial charge in [-0.2, -0.15) is 10.2 Å². The van der Waals surface area contributed by atoms with E-state index in [1.807, 2.05) is 0 Å². The number of nitriles is 1. The Balaban J connectivity index is 1.37. The summed E-state index contributed by atoms with van der Waals surface area (Å²) in [6.07, 6.45) is 6.46. The molecular formula is C19H20N8O2. The van der Waals surface area contributed by atoms with Crippen molar-refractivity contribution in [1.82, 2.24) is 25.1 Å². The molecule has 10 heteroatoms. The molecule has 10 nitrogen and oxygen atoms in total. The standard InChI is InChI=1S/C19H20N8O2/c1-13-11-26(19-24-14(2)29-25-19)5-6-27(13)18-22-9-17(10-23-18)28-12-15-3-4-21-8-16(15)7-20/h3-4,8-10,13H,5-6,11-12H2,1-2H3/t13-/m1/s1. The highest BCUT2D eigenvalue weighted by Crippen LogP contribution is 2.21. The molecule has 0 aromatic carbocycles. The number of piperazine rings is 1. The van der Waals surface area contributed by atoms with Crippen LogP contribution in [-0.2, 0) is 6.61 Å². The lowest BCUT2D eigenvalue weighted by molar-refractivity contribution is 0.303. The van der Waals surface area contributed by atoms with Crippen LogP contribution in [0.3, 0.4) is 0 Å². The number of ether oxygens (including phenoxy) is 1. The lowest BCUT2D eigenvalue weighted by atomic mass is 10.2. The van der Waals surface area contributed by atoms with E-state index < -0.39 is 0 Å². The Bertz CT molecular complexity index is 1010. The number of anilines is 2. The molecular weight excluding hydrogens is 372 g/mol. The fourth-order valence-electron chi connectivity index (χ4n) is 3.20. The van der Waals surface area contributed by atoms with Crippen molar-refractivity contribution in [3.63, 3.8) is 0 Å². The van der Waals surface area contributed by atoms with Gasteiger partial charge >= 0.3 is 0 Å². The van der Waals surface area contributed by atoms with Gasteiger partial charge in [0.25, 0.3) is 5.95 Å². The van der Waals surface area contributed by atoms with E-state index >= 15 is 0 Å². The van der Waals surface area contributed by atoms with Gasteiger partial charge in [0.2, 0.25) is 11.8 Å². The van der Waals surface area contributed by atoms with E-state index in [0.29, 0.717) is 29.1 Å². The molecule has 0 saturated carbocycles. The zero-order valence-electron chi connectivity index (χ0n) is 16.2. The van der Waals surface area contributed by atoms with Crippen LogP contribution >= 0.6 is 0 Å². The minimum atomic E-state index is 0.185. The number of pyridine rings is 1. The summed E-state index contributed by atoms with van der Waals surface area (Å²) in [7, 11) is 0. The molecule has 29 heavy (non-hydrogen) atoms. The Morgan fingerprint density at radius 3 is 2.76 bits per heavy atom. The van der Waals surface area contributed by atoms with Crippen LogP contribution in [0.2, 0.25) is 0 Å². The average Bonchev–Trinajstić information content (AvgIpc) is 3.19. The molecule has 0 unspecified atom stereocenters. The predicted octanol–water partition coefficient (Wildman–Crippen LogP) is 1.73. The van der Waals surface area contributed by atoms with E-state index in [1.54, 1.807) is 31.6 Å². The maximum atomic E-state index is 9.12. The zero-order valence-corrected chi connectivity index (χ0v) is 16.2. The van der Waals surface area contributed by atoms with Crippen molar-refractivity contribution < 1.29 is 9.26 Å². The average molecular weight is 392 g/mol. The van der Waals surface area contributed by atoms with Crippen molar-refractivity contribution in [1.29, 1.82) is 5.26 Å². The summed E-state index contributed by atoms with van der Waals surface area (Å²) in [6.45, 7) is 6.40. The fraction of sp³-hybridized carbons (Fsp3) is 0.368. The predicted molar refractivity (Wildman–Crippen MR) is 103 cm³/mol. The Labute approximate surface area is 167 Å². The number of aromatic nitrogens is 5. The molecule has 0 spiro atoms. The molecule has 1 saturated heterocycles. The van der Waals surface area contributed by atoms with Crippen molar-refractivity contribution in [2.45, 2.75) is 26.5 Å². The molecule has 0 radical (unpaired) electrons. The van der Waals surface area contributed by atoms with Crippen LogP contribution in [0.4, 0.5) is 11.9 Å². The molecule has 4 rings (SSSR count). The van der Waals surface area contributed by atoms with Gasteiger partial charge in [-0.15, -0.1) is 0 Å². The van der Waals surface area contributed by atoms with Crippen molar-refractivity contribution >= 4 is 11.9 Å². The van der Waals surface area contributed by atoms with Gasteiger partial charge in [-0.3, -0.25) is 4.98 Å². The van der Waals surface area contributed by atoms with Gasteiger partial charge in [0.05, 0.1) is 18.0 Å². The summed E-state index contributed by atoms with van der Waals surface area (Å²) in [4.78, 5) is 21.4. The molecule has 0 N–H and O–H groups in total. The zero-order chi connectivity index (χ0) is 20.2. The first-order chi connectivity index (χ1) is 14.1. The maximum Gasteiger partial charge on any atom is 0.266 e. The highest BCUT2D eigenvalue weighted by Gasteiger charge is 2.27. The Hall–Kier alpha value is -3.74. The van der Waals surface area contributed by atoms with Gasteiger partial charge in [-0.25, -0.2) is 9.97 Å². The molecule has 148 valence electrons. The van der Waals surface area contributed by atoms with E-state index in [9.17, 15) is 0 Å². The molecule has 3 aromatic heterocycles. The first-order valence-electron chi connectivity index (χ1n) is 9.24. The molecule has 3 aromatic rings. The lowest BCUT2D eigenvalue weighted by Crippen LogP contribution is -2.53. The molecule has 0 bridgehead atoms. The number of nitrogens with zero attached hydrogens (tertiary/aromatic N) is 8. The van der Waals surface area contributed by atoms with Crippen LogP contribution < -0.4 is 14.5 Å². The van der Waals surface area contributed by atoms with Crippen molar-refractivity contribution in [2.75, 3.05) is 29.4 Å². The highest BCUT2D eigenvalue weighted by atomic mass is 16.5. The molecule has 4 heterocycles. The van der Waals surface area contributed by atoms with Crippen molar-refractivity contribution in [3.05, 3.63) is 47.9 Å². The fourth-order valence-corrected chi connectivity index (χ4v) is 3.20. The maximum absolute atomic E-state index is 9.12. The Morgan fingerprint density at radius 2 is 2.07 bits per heavy atom. The monoisotopic (exact) mass is 392 g/mol.